The van der Waals surface area contributed by atoms with Gasteiger partial charge in [-0.05, 0) is 24.5 Å². The lowest BCUT2D eigenvalue weighted by atomic mass is 9.53. The fraction of sp³-hybridized carbons (Fsp3) is 0.667. The molecule has 3 aliphatic rings. The number of ether oxygens (including phenoxy) is 1. The molecule has 2 bridgehead atoms. The summed E-state index contributed by atoms with van der Waals surface area (Å²) >= 11 is 0. The van der Waals surface area contributed by atoms with E-state index in [2.05, 4.69) is 33.1 Å². The third-order valence-corrected chi connectivity index (χ3v) is 9.19. The molecule has 1 N–H and O–H groups in total. The number of ketones is 1. The number of fused-ring (bicyclic) bond motifs is 3. The summed E-state index contributed by atoms with van der Waals surface area (Å²) in [5, 5.41) is 13.2. The zero-order valence-electron chi connectivity index (χ0n) is 16.7. The molecule has 1 aromatic rings. The molecule has 1 aliphatic heterocycles. The van der Waals surface area contributed by atoms with Crippen LogP contribution in [0.4, 0.5) is 0 Å². The van der Waals surface area contributed by atoms with Crippen LogP contribution in [-0.4, -0.2) is 31.2 Å². The zero-order valence-corrected chi connectivity index (χ0v) is 17.7. The molecule has 0 radical (unpaired) electrons. The molecule has 1 unspecified atom stereocenters. The van der Waals surface area contributed by atoms with Gasteiger partial charge in [-0.3, -0.25) is 4.79 Å². The molecule has 3 fully saturated rings. The van der Waals surface area contributed by atoms with Crippen molar-refractivity contribution < 1.29 is 19.1 Å². The highest BCUT2D eigenvalue weighted by Gasteiger charge is 2.84. The summed E-state index contributed by atoms with van der Waals surface area (Å²) in [6.07, 6.45) is 2.45. The van der Waals surface area contributed by atoms with Crippen molar-refractivity contribution in [2.24, 2.45) is 22.7 Å². The maximum atomic E-state index is 13.3. The standard InChI is InChI=1S/C21H30O4Si/c1-8-14-18(2,3)17(22)13-11-19(14,4)21(23,20(13)12-24-20)15-9-10-16(25-15)26(5,6)7/h8-10,13-14,23H,1,11-12H2,2-7H3/t13?,14-,19-,20-,21-/m0/s1. The lowest BCUT2D eigenvalue weighted by Gasteiger charge is -2.50. The summed E-state index contributed by atoms with van der Waals surface area (Å²) in [6, 6.07) is 3.90. The minimum atomic E-state index is -1.65. The second-order valence-corrected chi connectivity index (χ2v) is 15.3. The number of carbonyl (C=O) groups is 1. The molecule has 4 rings (SSSR count). The first kappa shape index (κ1) is 18.2. The summed E-state index contributed by atoms with van der Waals surface area (Å²) in [5.74, 6) is 0.261. The molecular formula is C21H30O4Si. The predicted octanol–water partition coefficient (Wildman–Crippen LogP) is 3.22. The molecule has 2 aliphatic carbocycles. The number of epoxide rings is 1. The Bertz CT molecular complexity index is 797. The highest BCUT2D eigenvalue weighted by Crippen LogP contribution is 2.74. The van der Waals surface area contributed by atoms with Gasteiger partial charge < -0.3 is 14.3 Å². The molecule has 5 atom stereocenters. The number of aliphatic hydroxyl groups is 1. The lowest BCUT2D eigenvalue weighted by Crippen LogP contribution is -2.54. The molecule has 0 aromatic carbocycles. The van der Waals surface area contributed by atoms with Crippen molar-refractivity contribution in [3.05, 3.63) is 30.5 Å². The molecule has 26 heavy (non-hydrogen) atoms. The number of hydrogen-bond acceptors (Lipinski definition) is 4. The van der Waals surface area contributed by atoms with Crippen LogP contribution in [0, 0.1) is 22.7 Å². The van der Waals surface area contributed by atoms with Crippen LogP contribution in [0.2, 0.25) is 19.6 Å². The van der Waals surface area contributed by atoms with Crippen LogP contribution in [0.5, 0.6) is 0 Å². The minimum absolute atomic E-state index is 0.159. The third-order valence-electron chi connectivity index (χ3n) is 7.44. The molecule has 0 amide bonds. The van der Waals surface area contributed by atoms with Crippen molar-refractivity contribution in [2.75, 3.05) is 6.61 Å². The van der Waals surface area contributed by atoms with Gasteiger partial charge in [-0.2, -0.15) is 0 Å². The van der Waals surface area contributed by atoms with E-state index in [1.807, 2.05) is 32.1 Å². The van der Waals surface area contributed by atoms with Gasteiger partial charge in [0, 0.05) is 10.8 Å². The zero-order chi connectivity index (χ0) is 19.3. The Labute approximate surface area is 156 Å². The van der Waals surface area contributed by atoms with Crippen LogP contribution in [0.3, 0.4) is 0 Å². The smallest absolute Gasteiger partial charge is 0.160 e. The van der Waals surface area contributed by atoms with Crippen molar-refractivity contribution >= 4 is 19.2 Å². The third kappa shape index (κ3) is 1.80. The number of Topliss-reactive ketones (excluding diaryl/α,β-unsaturated/α-hetero) is 1. The summed E-state index contributed by atoms with van der Waals surface area (Å²) in [4.78, 5) is 13.3. The van der Waals surface area contributed by atoms with Crippen molar-refractivity contribution in [2.45, 2.75) is 58.0 Å². The second-order valence-electron chi connectivity index (χ2n) is 10.3. The fourth-order valence-corrected chi connectivity index (χ4v) is 6.99. The van der Waals surface area contributed by atoms with E-state index in [0.29, 0.717) is 18.8 Å². The highest BCUT2D eigenvalue weighted by molar-refractivity contribution is 6.87. The van der Waals surface area contributed by atoms with Gasteiger partial charge in [-0.15, -0.1) is 6.58 Å². The average molecular weight is 375 g/mol. The highest BCUT2D eigenvalue weighted by atomic mass is 28.3. The van der Waals surface area contributed by atoms with E-state index in [1.165, 1.54) is 0 Å². The molecule has 1 spiro atoms. The second kappa shape index (κ2) is 4.81. The Morgan fingerprint density at radius 2 is 1.88 bits per heavy atom. The fourth-order valence-electron chi connectivity index (χ4n) is 6.00. The maximum absolute atomic E-state index is 13.3. The van der Waals surface area contributed by atoms with E-state index in [-0.39, 0.29) is 17.6 Å². The van der Waals surface area contributed by atoms with Crippen LogP contribution < -0.4 is 5.38 Å². The van der Waals surface area contributed by atoms with Gasteiger partial charge in [0.05, 0.1) is 17.9 Å². The first-order valence-electron chi connectivity index (χ1n) is 9.50. The van der Waals surface area contributed by atoms with Crippen LogP contribution in [0.15, 0.2) is 29.2 Å². The van der Waals surface area contributed by atoms with E-state index in [9.17, 15) is 9.90 Å². The number of allylic oxidation sites excluding steroid dienone is 1. The quantitative estimate of drug-likeness (QED) is 0.501. The largest absolute Gasteiger partial charge is 0.468 e. The predicted molar refractivity (Wildman–Crippen MR) is 103 cm³/mol. The van der Waals surface area contributed by atoms with Gasteiger partial charge in [0.15, 0.2) is 5.60 Å². The van der Waals surface area contributed by atoms with Crippen molar-refractivity contribution in [3.8, 4) is 0 Å². The van der Waals surface area contributed by atoms with Gasteiger partial charge >= 0.3 is 0 Å². The van der Waals surface area contributed by atoms with Crippen LogP contribution >= 0.6 is 0 Å². The SMILES string of the molecule is C=C[C@H]1C(C)(C)C(=O)C2C[C@]1(C)[C@@](O)(c1ccc([Si](C)(C)C)o1)[C@]21CO1. The molecule has 5 heteroatoms. The van der Waals surface area contributed by atoms with E-state index < -0.39 is 30.1 Å². The van der Waals surface area contributed by atoms with E-state index >= 15 is 0 Å². The molecule has 4 nitrogen and oxygen atoms in total. The van der Waals surface area contributed by atoms with E-state index in [4.69, 9.17) is 9.15 Å². The van der Waals surface area contributed by atoms with E-state index in [1.54, 1.807) is 0 Å². The Hall–Kier alpha value is -1.17. The summed E-state index contributed by atoms with van der Waals surface area (Å²) in [5.41, 5.74) is -3.34. The van der Waals surface area contributed by atoms with Crippen LogP contribution in [0.1, 0.15) is 33.0 Å². The summed E-state index contributed by atoms with van der Waals surface area (Å²) < 4.78 is 12.2. The maximum Gasteiger partial charge on any atom is 0.160 e. The number of carbonyl (C=O) groups excluding carboxylic acids is 1. The summed E-state index contributed by atoms with van der Waals surface area (Å²) in [6.45, 7) is 17.1. The van der Waals surface area contributed by atoms with Gasteiger partial charge in [-0.25, -0.2) is 0 Å². The summed E-state index contributed by atoms with van der Waals surface area (Å²) in [7, 11) is -1.65. The van der Waals surface area contributed by atoms with Crippen LogP contribution in [0.25, 0.3) is 0 Å². The van der Waals surface area contributed by atoms with Crippen molar-refractivity contribution in [1.82, 2.24) is 0 Å². The number of furan rings is 1. The van der Waals surface area contributed by atoms with Crippen LogP contribution in [-0.2, 0) is 15.1 Å². The Balaban J connectivity index is 1.95. The number of rotatable bonds is 3. The Kier molecular flexibility index (Phi) is 3.36. The average Bonchev–Trinajstić information content (AvgIpc) is 3.12. The molecule has 2 heterocycles. The Morgan fingerprint density at radius 3 is 2.35 bits per heavy atom. The van der Waals surface area contributed by atoms with Crippen molar-refractivity contribution in [1.29, 1.82) is 0 Å². The monoisotopic (exact) mass is 374 g/mol. The first-order chi connectivity index (χ1) is 11.9. The Morgan fingerprint density at radius 1 is 1.27 bits per heavy atom. The first-order valence-corrected chi connectivity index (χ1v) is 13.0. The topological polar surface area (TPSA) is 63.0 Å². The lowest BCUT2D eigenvalue weighted by molar-refractivity contribution is -0.150. The van der Waals surface area contributed by atoms with Gasteiger partial charge in [0.1, 0.15) is 25.2 Å². The molecule has 142 valence electrons. The molecule has 1 saturated heterocycles. The molecular weight excluding hydrogens is 344 g/mol. The normalized spacial score (nSPS) is 43.7. The van der Waals surface area contributed by atoms with Gasteiger partial charge in [0.2, 0.25) is 0 Å². The van der Waals surface area contributed by atoms with E-state index in [0.717, 1.165) is 5.38 Å². The van der Waals surface area contributed by atoms with Gasteiger partial charge in [0.25, 0.3) is 0 Å². The number of hydrogen-bond donors (Lipinski definition) is 1. The minimum Gasteiger partial charge on any atom is -0.468 e. The van der Waals surface area contributed by atoms with Gasteiger partial charge in [-0.1, -0.05) is 46.5 Å². The molecule has 2 saturated carbocycles. The molecule has 1 aromatic heterocycles. The van der Waals surface area contributed by atoms with Crippen molar-refractivity contribution in [3.63, 3.8) is 0 Å².